The third-order valence-corrected chi connectivity index (χ3v) is 4.90. The topological polar surface area (TPSA) is 43.7 Å². The van der Waals surface area contributed by atoms with Gasteiger partial charge in [0.1, 0.15) is 5.82 Å². The summed E-state index contributed by atoms with van der Waals surface area (Å²) in [5.41, 5.74) is 3.75. The van der Waals surface area contributed by atoms with Crippen molar-refractivity contribution in [3.63, 3.8) is 0 Å². The van der Waals surface area contributed by atoms with E-state index in [0.29, 0.717) is 18.5 Å². The zero-order chi connectivity index (χ0) is 17.3. The first kappa shape index (κ1) is 17.1. The Bertz CT molecular complexity index is 717. The van der Waals surface area contributed by atoms with Gasteiger partial charge >= 0.3 is 0 Å². The predicted molar refractivity (Wildman–Crippen MR) is 92.5 cm³/mol. The van der Waals surface area contributed by atoms with E-state index in [4.69, 9.17) is 0 Å². The highest BCUT2D eigenvalue weighted by molar-refractivity contribution is 5.44. The summed E-state index contributed by atoms with van der Waals surface area (Å²) >= 11 is 0. The van der Waals surface area contributed by atoms with Crippen molar-refractivity contribution in [2.24, 2.45) is 5.92 Å². The summed E-state index contributed by atoms with van der Waals surface area (Å²) in [6.45, 7) is 0.621. The molecule has 0 spiro atoms. The largest absolute Gasteiger partial charge is 0.396 e. The lowest BCUT2D eigenvalue weighted by Crippen LogP contribution is -2.32. The molecule has 0 aromatic heterocycles. The molecule has 2 aromatic rings. The first-order valence-electron chi connectivity index (χ1n) is 8.31. The van der Waals surface area contributed by atoms with Crippen molar-refractivity contribution in [2.75, 3.05) is 27.2 Å². The van der Waals surface area contributed by atoms with Gasteiger partial charge in [-0.15, -0.1) is 0 Å². The molecule has 2 N–H and O–H groups in total. The third-order valence-electron chi connectivity index (χ3n) is 4.90. The maximum absolute atomic E-state index is 13.8. The number of fused-ring (bicyclic) bond motifs is 2. The Morgan fingerprint density at radius 1 is 1.12 bits per heavy atom. The molecule has 0 heterocycles. The Balaban J connectivity index is 2.14. The molecule has 1 aliphatic rings. The van der Waals surface area contributed by atoms with Gasteiger partial charge in [-0.25, -0.2) is 4.39 Å². The van der Waals surface area contributed by atoms with Crippen LogP contribution in [-0.4, -0.2) is 42.4 Å². The van der Waals surface area contributed by atoms with Crippen LogP contribution in [0.15, 0.2) is 42.5 Å². The average Bonchev–Trinajstić information content (AvgIpc) is 2.67. The summed E-state index contributed by atoms with van der Waals surface area (Å²) in [6.07, 6.45) is -0.170. The lowest BCUT2D eigenvalue weighted by Gasteiger charge is -2.32. The van der Waals surface area contributed by atoms with E-state index in [1.807, 2.05) is 37.2 Å². The van der Waals surface area contributed by atoms with E-state index < -0.39 is 6.10 Å². The summed E-state index contributed by atoms with van der Waals surface area (Å²) < 4.78 is 13.8. The molecule has 24 heavy (non-hydrogen) atoms. The van der Waals surface area contributed by atoms with Gasteiger partial charge in [-0.05, 0) is 54.9 Å². The summed E-state index contributed by atoms with van der Waals surface area (Å²) in [5.74, 6) is -0.743. The molecule has 4 heteroatoms. The molecule has 1 aliphatic carbocycles. The highest BCUT2D eigenvalue weighted by Crippen LogP contribution is 2.43. The number of nitrogens with zero attached hydrogens (tertiary/aromatic N) is 1. The monoisotopic (exact) mass is 329 g/mol. The second kappa shape index (κ2) is 7.01. The van der Waals surface area contributed by atoms with Crippen molar-refractivity contribution in [3.8, 4) is 0 Å². The minimum atomic E-state index is -0.837. The Kier molecular flexibility index (Phi) is 4.99. The van der Waals surface area contributed by atoms with Gasteiger partial charge in [0.15, 0.2) is 0 Å². The standard InChI is InChI=1S/C20H24FNO2/c1-22(2)11-15(12-23)19-17-6-4-3-5-13(17)9-14-7-8-16(21)10-18(14)20(19)24/h3-8,10,15,19-20,23-24H,9,11-12H2,1-2H3/t15?,19-,20+/m1/s1. The van der Waals surface area contributed by atoms with Crippen molar-refractivity contribution < 1.29 is 14.6 Å². The van der Waals surface area contributed by atoms with Crippen LogP contribution in [0.1, 0.15) is 34.3 Å². The highest BCUT2D eigenvalue weighted by Gasteiger charge is 2.35. The van der Waals surface area contributed by atoms with Crippen molar-refractivity contribution in [1.29, 1.82) is 0 Å². The van der Waals surface area contributed by atoms with Gasteiger partial charge in [-0.2, -0.15) is 0 Å². The molecular formula is C20H24FNO2. The fourth-order valence-corrected chi connectivity index (χ4v) is 3.86. The first-order chi connectivity index (χ1) is 11.5. The van der Waals surface area contributed by atoms with Gasteiger partial charge in [0.2, 0.25) is 0 Å². The fraction of sp³-hybridized carbons (Fsp3) is 0.400. The van der Waals surface area contributed by atoms with Crippen LogP contribution in [0.25, 0.3) is 0 Å². The molecule has 128 valence electrons. The average molecular weight is 329 g/mol. The van der Waals surface area contributed by atoms with Crippen LogP contribution in [0.5, 0.6) is 0 Å². The van der Waals surface area contributed by atoms with Crippen molar-refractivity contribution >= 4 is 0 Å². The number of hydrogen-bond donors (Lipinski definition) is 2. The number of hydrogen-bond acceptors (Lipinski definition) is 3. The molecule has 0 fully saturated rings. The number of halogens is 1. The molecular weight excluding hydrogens is 305 g/mol. The summed E-state index contributed by atoms with van der Waals surface area (Å²) in [4.78, 5) is 2.01. The summed E-state index contributed by atoms with van der Waals surface area (Å²) in [7, 11) is 3.90. The molecule has 1 unspecified atom stereocenters. The van der Waals surface area contributed by atoms with Gasteiger partial charge in [0, 0.05) is 25.0 Å². The minimum absolute atomic E-state index is 0.0289. The second-order valence-electron chi connectivity index (χ2n) is 6.89. The lowest BCUT2D eigenvalue weighted by atomic mass is 9.79. The maximum Gasteiger partial charge on any atom is 0.123 e. The zero-order valence-electron chi connectivity index (χ0n) is 14.1. The number of aliphatic hydroxyl groups excluding tert-OH is 2. The molecule has 2 aromatic carbocycles. The molecule has 3 atom stereocenters. The van der Waals surface area contributed by atoms with E-state index in [9.17, 15) is 14.6 Å². The van der Waals surface area contributed by atoms with E-state index in [1.54, 1.807) is 6.07 Å². The van der Waals surface area contributed by atoms with E-state index >= 15 is 0 Å². The van der Waals surface area contributed by atoms with E-state index in [0.717, 1.165) is 16.7 Å². The van der Waals surface area contributed by atoms with Crippen LogP contribution in [0.4, 0.5) is 4.39 Å². The van der Waals surface area contributed by atoms with E-state index in [1.165, 1.54) is 12.1 Å². The molecule has 0 amide bonds. The summed E-state index contributed by atoms with van der Waals surface area (Å²) in [5, 5.41) is 21.0. The first-order valence-corrected chi connectivity index (χ1v) is 8.31. The van der Waals surface area contributed by atoms with Gasteiger partial charge < -0.3 is 15.1 Å². The predicted octanol–water partition coefficient (Wildman–Crippen LogP) is 2.72. The molecule has 3 rings (SSSR count). The minimum Gasteiger partial charge on any atom is -0.396 e. The van der Waals surface area contributed by atoms with Crippen molar-refractivity contribution in [1.82, 2.24) is 4.90 Å². The smallest absolute Gasteiger partial charge is 0.123 e. The Labute approximate surface area is 142 Å². The van der Waals surface area contributed by atoms with Crippen LogP contribution in [-0.2, 0) is 6.42 Å². The highest BCUT2D eigenvalue weighted by atomic mass is 19.1. The van der Waals surface area contributed by atoms with Crippen LogP contribution in [0.3, 0.4) is 0 Å². The Morgan fingerprint density at radius 3 is 2.54 bits per heavy atom. The summed E-state index contributed by atoms with van der Waals surface area (Å²) in [6, 6.07) is 12.6. The van der Waals surface area contributed by atoms with Gasteiger partial charge in [-0.3, -0.25) is 0 Å². The zero-order valence-corrected chi connectivity index (χ0v) is 14.1. The quantitative estimate of drug-likeness (QED) is 0.906. The number of rotatable bonds is 4. The van der Waals surface area contributed by atoms with E-state index in [2.05, 4.69) is 6.07 Å². The normalized spacial score (nSPS) is 21.1. The van der Waals surface area contributed by atoms with Crippen LogP contribution in [0, 0.1) is 11.7 Å². The molecule has 0 radical (unpaired) electrons. The van der Waals surface area contributed by atoms with Gasteiger partial charge in [-0.1, -0.05) is 30.3 Å². The Morgan fingerprint density at radius 2 is 1.83 bits per heavy atom. The fourth-order valence-electron chi connectivity index (χ4n) is 3.86. The number of aliphatic hydroxyl groups is 2. The lowest BCUT2D eigenvalue weighted by molar-refractivity contribution is 0.0762. The molecule has 0 bridgehead atoms. The van der Waals surface area contributed by atoms with Crippen molar-refractivity contribution in [2.45, 2.75) is 18.4 Å². The molecule has 0 saturated heterocycles. The molecule has 0 aliphatic heterocycles. The van der Waals surface area contributed by atoms with Gasteiger partial charge in [0.25, 0.3) is 0 Å². The van der Waals surface area contributed by atoms with Crippen molar-refractivity contribution in [3.05, 3.63) is 70.5 Å². The number of benzene rings is 2. The second-order valence-corrected chi connectivity index (χ2v) is 6.89. The van der Waals surface area contributed by atoms with Crippen LogP contribution >= 0.6 is 0 Å². The van der Waals surface area contributed by atoms with Gasteiger partial charge in [0.05, 0.1) is 6.10 Å². The van der Waals surface area contributed by atoms with E-state index in [-0.39, 0.29) is 24.3 Å². The SMILES string of the molecule is CN(C)CC(CO)[C@@H]1c2ccccc2Cc2ccc(F)cc2[C@@H]1O. The maximum atomic E-state index is 13.8. The third kappa shape index (κ3) is 3.22. The molecule has 0 saturated carbocycles. The molecule has 3 nitrogen and oxygen atoms in total. The van der Waals surface area contributed by atoms with Crippen LogP contribution < -0.4 is 0 Å². The van der Waals surface area contributed by atoms with Crippen LogP contribution in [0.2, 0.25) is 0 Å². The Hall–Kier alpha value is -1.75.